The Labute approximate surface area is 116 Å². The molecular formula is C15H16N2O3. The summed E-state index contributed by atoms with van der Waals surface area (Å²) in [4.78, 5) is 27.3. The largest absolute Gasteiger partial charge is 0.480 e. The van der Waals surface area contributed by atoms with E-state index in [1.165, 1.54) is 0 Å². The van der Waals surface area contributed by atoms with Crippen LogP contribution >= 0.6 is 0 Å². The van der Waals surface area contributed by atoms with Crippen LogP contribution in [0, 0.1) is 0 Å². The fraction of sp³-hybridized carbons (Fsp3) is 0.267. The lowest BCUT2D eigenvalue weighted by molar-refractivity contribution is -0.139. The van der Waals surface area contributed by atoms with Crippen LogP contribution < -0.4 is 5.32 Å². The van der Waals surface area contributed by atoms with E-state index in [1.807, 2.05) is 31.2 Å². The number of carboxylic acids is 1. The van der Waals surface area contributed by atoms with Gasteiger partial charge in [0.05, 0.1) is 5.52 Å². The standard InChI is InChI=1S/C15H16N2O3/c1-2-5-13(15(19)20)17-14(18)12-9-8-10-6-3-4-7-11(10)16-12/h3-4,6-9,13H,2,5H2,1H3,(H,17,18)(H,19,20)/t13-/m1/s1. The summed E-state index contributed by atoms with van der Waals surface area (Å²) in [5.74, 6) is -1.49. The number of pyridine rings is 1. The number of rotatable bonds is 5. The van der Waals surface area contributed by atoms with Crippen molar-refractivity contribution < 1.29 is 14.7 Å². The Morgan fingerprint density at radius 1 is 1.25 bits per heavy atom. The minimum atomic E-state index is -1.03. The van der Waals surface area contributed by atoms with Crippen LogP contribution in [0.15, 0.2) is 36.4 Å². The number of aromatic nitrogens is 1. The summed E-state index contributed by atoms with van der Waals surface area (Å²) in [6, 6.07) is 9.98. The van der Waals surface area contributed by atoms with Crippen LogP contribution in [0.2, 0.25) is 0 Å². The highest BCUT2D eigenvalue weighted by Gasteiger charge is 2.20. The molecule has 2 N–H and O–H groups in total. The highest BCUT2D eigenvalue weighted by Crippen LogP contribution is 2.12. The second-order valence-corrected chi connectivity index (χ2v) is 4.54. The summed E-state index contributed by atoms with van der Waals surface area (Å²) in [5.41, 5.74) is 0.938. The summed E-state index contributed by atoms with van der Waals surface area (Å²) < 4.78 is 0. The lowest BCUT2D eigenvalue weighted by Gasteiger charge is -2.13. The SMILES string of the molecule is CCC[C@@H](NC(=O)c1ccc2ccccc2n1)C(=O)O. The zero-order chi connectivity index (χ0) is 14.5. The fourth-order valence-corrected chi connectivity index (χ4v) is 1.97. The van der Waals surface area contributed by atoms with Gasteiger partial charge < -0.3 is 10.4 Å². The molecule has 0 unspecified atom stereocenters. The van der Waals surface area contributed by atoms with Crippen LogP contribution in [-0.4, -0.2) is 28.0 Å². The smallest absolute Gasteiger partial charge is 0.326 e. The highest BCUT2D eigenvalue weighted by molar-refractivity contribution is 5.96. The lowest BCUT2D eigenvalue weighted by Crippen LogP contribution is -2.40. The molecule has 2 rings (SSSR count). The van der Waals surface area contributed by atoms with Crippen molar-refractivity contribution in [1.82, 2.24) is 10.3 Å². The fourth-order valence-electron chi connectivity index (χ4n) is 1.97. The van der Waals surface area contributed by atoms with Gasteiger partial charge in [0, 0.05) is 5.39 Å². The van der Waals surface area contributed by atoms with E-state index in [2.05, 4.69) is 10.3 Å². The number of fused-ring (bicyclic) bond motifs is 1. The Kier molecular flexibility index (Phi) is 4.30. The Bertz CT molecular complexity index is 640. The van der Waals surface area contributed by atoms with Crippen molar-refractivity contribution in [3.8, 4) is 0 Å². The minimum Gasteiger partial charge on any atom is -0.480 e. The average Bonchev–Trinajstić information content (AvgIpc) is 2.46. The molecule has 2 aromatic rings. The lowest BCUT2D eigenvalue weighted by atomic mass is 10.1. The van der Waals surface area contributed by atoms with Gasteiger partial charge in [0.25, 0.3) is 5.91 Å². The first-order chi connectivity index (χ1) is 9.61. The van der Waals surface area contributed by atoms with Crippen molar-refractivity contribution in [3.05, 3.63) is 42.1 Å². The molecule has 0 bridgehead atoms. The molecule has 5 nitrogen and oxygen atoms in total. The van der Waals surface area contributed by atoms with Crippen LogP contribution in [-0.2, 0) is 4.79 Å². The van der Waals surface area contributed by atoms with Gasteiger partial charge in [-0.1, -0.05) is 37.6 Å². The number of para-hydroxylation sites is 1. The molecule has 20 heavy (non-hydrogen) atoms. The van der Waals surface area contributed by atoms with Crippen LogP contribution in [0.5, 0.6) is 0 Å². The first kappa shape index (κ1) is 14.0. The molecule has 1 aromatic heterocycles. The third-order valence-electron chi connectivity index (χ3n) is 3.01. The number of nitrogens with zero attached hydrogens (tertiary/aromatic N) is 1. The van der Waals surface area contributed by atoms with Crippen molar-refractivity contribution in [3.63, 3.8) is 0 Å². The Morgan fingerprint density at radius 3 is 2.70 bits per heavy atom. The van der Waals surface area contributed by atoms with Gasteiger partial charge in [-0.3, -0.25) is 4.79 Å². The zero-order valence-electron chi connectivity index (χ0n) is 11.2. The van der Waals surface area contributed by atoms with E-state index in [9.17, 15) is 9.59 Å². The number of carbonyl (C=O) groups excluding carboxylic acids is 1. The third kappa shape index (κ3) is 3.12. The molecule has 1 heterocycles. The van der Waals surface area contributed by atoms with Crippen molar-refractivity contribution in [1.29, 1.82) is 0 Å². The summed E-state index contributed by atoms with van der Waals surface area (Å²) in [6.45, 7) is 1.87. The second-order valence-electron chi connectivity index (χ2n) is 4.54. The molecule has 1 atom stereocenters. The highest BCUT2D eigenvalue weighted by atomic mass is 16.4. The number of hydrogen-bond donors (Lipinski definition) is 2. The van der Waals surface area contributed by atoms with E-state index >= 15 is 0 Å². The minimum absolute atomic E-state index is 0.228. The van der Waals surface area contributed by atoms with E-state index in [4.69, 9.17) is 5.11 Å². The van der Waals surface area contributed by atoms with E-state index in [1.54, 1.807) is 12.1 Å². The van der Waals surface area contributed by atoms with E-state index < -0.39 is 17.9 Å². The molecule has 0 saturated carbocycles. The number of amides is 1. The van der Waals surface area contributed by atoms with Crippen LogP contribution in [0.25, 0.3) is 10.9 Å². The molecule has 0 aliphatic rings. The number of carbonyl (C=O) groups is 2. The predicted octanol–water partition coefficient (Wildman–Crippen LogP) is 2.22. The average molecular weight is 272 g/mol. The molecule has 104 valence electrons. The van der Waals surface area contributed by atoms with Gasteiger partial charge in [-0.2, -0.15) is 0 Å². The molecule has 0 aliphatic carbocycles. The van der Waals surface area contributed by atoms with Gasteiger partial charge in [-0.05, 0) is 18.6 Å². The molecule has 5 heteroatoms. The summed E-state index contributed by atoms with van der Waals surface area (Å²) >= 11 is 0. The van der Waals surface area contributed by atoms with Crippen molar-refractivity contribution in [2.24, 2.45) is 0 Å². The third-order valence-corrected chi connectivity index (χ3v) is 3.01. The maximum atomic E-state index is 12.0. The quantitative estimate of drug-likeness (QED) is 0.874. The number of hydrogen-bond acceptors (Lipinski definition) is 3. The van der Waals surface area contributed by atoms with Gasteiger partial charge in [-0.25, -0.2) is 9.78 Å². The van der Waals surface area contributed by atoms with Gasteiger partial charge in [-0.15, -0.1) is 0 Å². The molecule has 0 spiro atoms. The monoisotopic (exact) mass is 272 g/mol. The number of aliphatic carboxylic acids is 1. The molecule has 0 aliphatic heterocycles. The predicted molar refractivity (Wildman–Crippen MR) is 75.5 cm³/mol. The van der Waals surface area contributed by atoms with E-state index in [0.29, 0.717) is 18.4 Å². The number of carboxylic acid groups (broad SMARTS) is 1. The first-order valence-corrected chi connectivity index (χ1v) is 6.51. The summed E-state index contributed by atoms with van der Waals surface area (Å²) in [5, 5.41) is 12.5. The molecular weight excluding hydrogens is 256 g/mol. The topological polar surface area (TPSA) is 79.3 Å². The molecule has 0 saturated heterocycles. The van der Waals surface area contributed by atoms with Crippen LogP contribution in [0.1, 0.15) is 30.3 Å². The van der Waals surface area contributed by atoms with Gasteiger partial charge in [0.15, 0.2) is 0 Å². The zero-order valence-corrected chi connectivity index (χ0v) is 11.2. The van der Waals surface area contributed by atoms with Crippen molar-refractivity contribution in [2.45, 2.75) is 25.8 Å². The van der Waals surface area contributed by atoms with Gasteiger partial charge >= 0.3 is 5.97 Å². The first-order valence-electron chi connectivity index (χ1n) is 6.51. The van der Waals surface area contributed by atoms with Crippen LogP contribution in [0.3, 0.4) is 0 Å². The summed E-state index contributed by atoms with van der Waals surface area (Å²) in [6.07, 6.45) is 1.08. The van der Waals surface area contributed by atoms with E-state index in [-0.39, 0.29) is 5.69 Å². The molecule has 1 aromatic carbocycles. The number of benzene rings is 1. The molecule has 0 fully saturated rings. The second kappa shape index (κ2) is 6.14. The molecule has 0 radical (unpaired) electrons. The Hall–Kier alpha value is -2.43. The van der Waals surface area contributed by atoms with Gasteiger partial charge in [0.2, 0.25) is 0 Å². The van der Waals surface area contributed by atoms with Crippen LogP contribution in [0.4, 0.5) is 0 Å². The molecule has 1 amide bonds. The van der Waals surface area contributed by atoms with E-state index in [0.717, 1.165) is 5.39 Å². The normalized spacial score (nSPS) is 12.1. The van der Waals surface area contributed by atoms with Crippen molar-refractivity contribution >= 4 is 22.8 Å². The number of nitrogens with one attached hydrogen (secondary N) is 1. The Balaban J connectivity index is 2.20. The maximum Gasteiger partial charge on any atom is 0.326 e. The van der Waals surface area contributed by atoms with Crippen molar-refractivity contribution in [2.75, 3.05) is 0 Å². The Morgan fingerprint density at radius 2 is 2.00 bits per heavy atom. The van der Waals surface area contributed by atoms with Gasteiger partial charge in [0.1, 0.15) is 11.7 Å². The maximum absolute atomic E-state index is 12.0. The summed E-state index contributed by atoms with van der Waals surface area (Å²) in [7, 11) is 0.